The molecule has 2 N–H and O–H groups in total. The van der Waals surface area contributed by atoms with Crippen LogP contribution in [0.1, 0.15) is 22.3 Å². The highest BCUT2D eigenvalue weighted by atomic mass is 19.1. The summed E-state index contributed by atoms with van der Waals surface area (Å²) in [6.45, 7) is 2.44. The van der Waals surface area contributed by atoms with Crippen molar-refractivity contribution < 1.29 is 4.39 Å². The van der Waals surface area contributed by atoms with E-state index in [2.05, 4.69) is 25.3 Å². The van der Waals surface area contributed by atoms with Crippen LogP contribution in [0.4, 0.5) is 10.3 Å². The topological polar surface area (TPSA) is 66.5 Å². The Morgan fingerprint density at radius 1 is 1.08 bits per heavy atom. The van der Waals surface area contributed by atoms with Gasteiger partial charge in [-0.1, -0.05) is 6.07 Å². The van der Waals surface area contributed by atoms with Crippen molar-refractivity contribution in [1.29, 1.82) is 0 Å². The summed E-state index contributed by atoms with van der Waals surface area (Å²) in [7, 11) is 0. The predicted octanol–water partition coefficient (Wildman–Crippen LogP) is 4.00. The highest BCUT2D eigenvalue weighted by molar-refractivity contribution is 5.79. The van der Waals surface area contributed by atoms with Gasteiger partial charge in [0.25, 0.3) is 0 Å². The maximum absolute atomic E-state index is 13.4. The lowest BCUT2D eigenvalue weighted by atomic mass is 10.1. The minimum atomic E-state index is -0.239. The van der Waals surface area contributed by atoms with Crippen LogP contribution in [0.15, 0.2) is 55.1 Å². The van der Waals surface area contributed by atoms with Gasteiger partial charge in [0.05, 0.1) is 0 Å². The minimum Gasteiger partial charge on any atom is -0.350 e. The maximum Gasteiger partial charge on any atom is 0.222 e. The van der Waals surface area contributed by atoms with Crippen LogP contribution in [0.25, 0.3) is 11.0 Å². The van der Waals surface area contributed by atoms with E-state index in [9.17, 15) is 4.39 Å². The first-order valence-electron chi connectivity index (χ1n) is 8.40. The molecular weight excluding hydrogens is 329 g/mol. The molecule has 0 radical (unpaired) electrons. The van der Waals surface area contributed by atoms with Crippen molar-refractivity contribution in [2.75, 3.05) is 5.32 Å². The first-order chi connectivity index (χ1) is 12.7. The molecule has 6 heteroatoms. The Morgan fingerprint density at radius 2 is 1.92 bits per heavy atom. The molecule has 0 amide bonds. The molecule has 3 heterocycles. The number of benzene rings is 1. The molecule has 4 rings (SSSR count). The van der Waals surface area contributed by atoms with E-state index in [1.807, 2.05) is 37.6 Å². The van der Waals surface area contributed by atoms with E-state index in [-0.39, 0.29) is 5.82 Å². The third kappa shape index (κ3) is 3.39. The Hall–Kier alpha value is -3.28. The summed E-state index contributed by atoms with van der Waals surface area (Å²) in [4.78, 5) is 16.2. The summed E-state index contributed by atoms with van der Waals surface area (Å²) in [5, 5.41) is 4.25. The van der Waals surface area contributed by atoms with Crippen molar-refractivity contribution in [3.05, 3.63) is 83.2 Å². The van der Waals surface area contributed by atoms with Crippen LogP contribution in [-0.2, 0) is 13.0 Å². The Bertz CT molecular complexity index is 1040. The molecule has 0 saturated heterocycles. The van der Waals surface area contributed by atoms with E-state index < -0.39 is 0 Å². The van der Waals surface area contributed by atoms with Crippen LogP contribution >= 0.6 is 0 Å². The van der Waals surface area contributed by atoms with Crippen molar-refractivity contribution in [1.82, 2.24) is 19.9 Å². The molecule has 0 aliphatic rings. The number of H-pyrrole nitrogens is 1. The fourth-order valence-electron chi connectivity index (χ4n) is 2.92. The van der Waals surface area contributed by atoms with E-state index in [0.29, 0.717) is 12.5 Å². The number of aromatic nitrogens is 4. The normalized spacial score (nSPS) is 11.0. The first-order valence-corrected chi connectivity index (χ1v) is 8.40. The zero-order chi connectivity index (χ0) is 17.9. The van der Waals surface area contributed by atoms with Gasteiger partial charge in [-0.2, -0.15) is 0 Å². The fourth-order valence-corrected chi connectivity index (χ4v) is 2.92. The predicted molar refractivity (Wildman–Crippen MR) is 99.4 cm³/mol. The number of nitrogens with one attached hydrogen (secondary N) is 2. The second kappa shape index (κ2) is 6.92. The smallest absolute Gasteiger partial charge is 0.222 e. The highest BCUT2D eigenvalue weighted by Crippen LogP contribution is 2.19. The zero-order valence-corrected chi connectivity index (χ0v) is 14.3. The van der Waals surface area contributed by atoms with Crippen molar-refractivity contribution >= 4 is 17.0 Å². The molecule has 0 unspecified atom stereocenters. The van der Waals surface area contributed by atoms with Gasteiger partial charge in [-0.3, -0.25) is 0 Å². The number of pyridine rings is 1. The third-order valence-electron chi connectivity index (χ3n) is 4.38. The van der Waals surface area contributed by atoms with E-state index in [0.717, 1.165) is 39.7 Å². The maximum atomic E-state index is 13.4. The number of fused-ring (bicyclic) bond motifs is 1. The number of hydrogen-bond acceptors (Lipinski definition) is 4. The van der Waals surface area contributed by atoms with Crippen LogP contribution in [0.3, 0.4) is 0 Å². The minimum absolute atomic E-state index is 0.239. The largest absolute Gasteiger partial charge is 0.350 e. The lowest BCUT2D eigenvalue weighted by Crippen LogP contribution is -2.05. The second-order valence-electron chi connectivity index (χ2n) is 6.23. The summed E-state index contributed by atoms with van der Waals surface area (Å²) in [5.41, 5.74) is 4.98. The highest BCUT2D eigenvalue weighted by Gasteiger charge is 2.06. The van der Waals surface area contributed by atoms with E-state index >= 15 is 0 Å². The standard InChI is InChI=1S/C20H18FN5/c1-13-4-5-17(21)8-15(13)11-26-20-24-9-14(10-25-20)7-16-12-23-19-18(16)3-2-6-22-19/h2-6,8-10,12H,7,11H2,1H3,(H,22,23)(H,24,25,26). The lowest BCUT2D eigenvalue weighted by molar-refractivity contribution is 0.625. The van der Waals surface area contributed by atoms with Crippen molar-refractivity contribution in [2.45, 2.75) is 19.9 Å². The molecule has 0 bridgehead atoms. The Labute approximate surface area is 150 Å². The molecule has 5 nitrogen and oxygen atoms in total. The number of rotatable bonds is 5. The van der Waals surface area contributed by atoms with Crippen LogP contribution in [0.2, 0.25) is 0 Å². The number of aryl methyl sites for hydroxylation is 1. The summed E-state index contributed by atoms with van der Waals surface area (Å²) in [6, 6.07) is 8.74. The molecule has 130 valence electrons. The quantitative estimate of drug-likeness (QED) is 0.573. The van der Waals surface area contributed by atoms with Gasteiger partial charge in [0.15, 0.2) is 0 Å². The second-order valence-corrected chi connectivity index (χ2v) is 6.23. The summed E-state index contributed by atoms with van der Waals surface area (Å²) in [6.07, 6.45) is 8.09. The molecule has 0 saturated carbocycles. The Balaban J connectivity index is 1.44. The first kappa shape index (κ1) is 16.2. The lowest BCUT2D eigenvalue weighted by Gasteiger charge is -2.08. The molecule has 1 aromatic carbocycles. The molecule has 0 aliphatic heterocycles. The van der Waals surface area contributed by atoms with Gasteiger partial charge in [-0.05, 0) is 53.4 Å². The number of aromatic amines is 1. The van der Waals surface area contributed by atoms with Gasteiger partial charge in [0.2, 0.25) is 5.95 Å². The van der Waals surface area contributed by atoms with Crippen LogP contribution < -0.4 is 5.32 Å². The zero-order valence-electron chi connectivity index (χ0n) is 14.3. The van der Waals surface area contributed by atoms with Gasteiger partial charge in [0.1, 0.15) is 11.5 Å². The summed E-state index contributed by atoms with van der Waals surface area (Å²) < 4.78 is 13.4. The van der Waals surface area contributed by atoms with E-state index in [4.69, 9.17) is 0 Å². The van der Waals surface area contributed by atoms with Crippen molar-refractivity contribution in [3.8, 4) is 0 Å². The van der Waals surface area contributed by atoms with Crippen LogP contribution in [0, 0.1) is 12.7 Å². The average molecular weight is 347 g/mol. The van der Waals surface area contributed by atoms with E-state index in [1.165, 1.54) is 12.1 Å². The van der Waals surface area contributed by atoms with Gasteiger partial charge in [-0.25, -0.2) is 19.3 Å². The molecular formula is C20H18FN5. The molecule has 4 aromatic rings. The number of anilines is 1. The fraction of sp³-hybridized carbons (Fsp3) is 0.150. The van der Waals surface area contributed by atoms with Gasteiger partial charge < -0.3 is 10.3 Å². The van der Waals surface area contributed by atoms with Crippen LogP contribution in [-0.4, -0.2) is 19.9 Å². The van der Waals surface area contributed by atoms with Gasteiger partial charge in [-0.15, -0.1) is 0 Å². The van der Waals surface area contributed by atoms with Crippen molar-refractivity contribution in [3.63, 3.8) is 0 Å². The summed E-state index contributed by atoms with van der Waals surface area (Å²) in [5.74, 6) is 0.287. The summed E-state index contributed by atoms with van der Waals surface area (Å²) >= 11 is 0. The number of nitrogens with zero attached hydrogens (tertiary/aromatic N) is 3. The Morgan fingerprint density at radius 3 is 2.77 bits per heavy atom. The van der Waals surface area contributed by atoms with E-state index in [1.54, 1.807) is 12.3 Å². The molecule has 0 fully saturated rings. The Kier molecular flexibility index (Phi) is 4.31. The molecule has 0 atom stereocenters. The molecule has 0 aliphatic carbocycles. The number of hydrogen-bond donors (Lipinski definition) is 2. The number of halogens is 1. The monoisotopic (exact) mass is 347 g/mol. The van der Waals surface area contributed by atoms with Gasteiger partial charge >= 0.3 is 0 Å². The van der Waals surface area contributed by atoms with Crippen LogP contribution in [0.5, 0.6) is 0 Å². The third-order valence-corrected chi connectivity index (χ3v) is 4.38. The molecule has 3 aromatic heterocycles. The van der Waals surface area contributed by atoms with Crippen molar-refractivity contribution in [2.24, 2.45) is 0 Å². The molecule has 0 spiro atoms. The molecule has 26 heavy (non-hydrogen) atoms. The SMILES string of the molecule is Cc1ccc(F)cc1CNc1ncc(Cc2c[nH]c3ncccc23)cn1. The van der Waals surface area contributed by atoms with Gasteiger partial charge in [0, 0.05) is 43.1 Å². The average Bonchev–Trinajstić information content (AvgIpc) is 3.07.